The fourth-order valence-corrected chi connectivity index (χ4v) is 0.934. The molecule has 1 rings (SSSR count). The molecule has 0 amide bonds. The Labute approximate surface area is 84.6 Å². The minimum Gasteiger partial charge on any atom is -0.459 e. The summed E-state index contributed by atoms with van der Waals surface area (Å²) in [4.78, 5) is 20.8. The summed E-state index contributed by atoms with van der Waals surface area (Å²) in [6, 6.07) is 4.90. The average Bonchev–Trinajstić information content (AvgIpc) is 2.26. The van der Waals surface area contributed by atoms with Gasteiger partial charge in [-0.25, -0.2) is 9.18 Å². The number of ether oxygens (including phenoxy) is 1. The first-order valence-electron chi connectivity index (χ1n) is 4.12. The van der Waals surface area contributed by atoms with Gasteiger partial charge in [-0.1, -0.05) is 0 Å². The lowest BCUT2D eigenvalue weighted by Gasteiger charge is -2.01. The van der Waals surface area contributed by atoms with Crippen molar-refractivity contribution in [3.8, 4) is 0 Å². The van der Waals surface area contributed by atoms with Crippen molar-refractivity contribution in [2.24, 2.45) is 0 Å². The van der Waals surface area contributed by atoms with Crippen molar-refractivity contribution in [3.05, 3.63) is 39.9 Å². The van der Waals surface area contributed by atoms with E-state index in [2.05, 4.69) is 4.74 Å². The van der Waals surface area contributed by atoms with Crippen molar-refractivity contribution in [1.29, 1.82) is 0 Å². The average molecular weight is 213 g/mol. The van der Waals surface area contributed by atoms with Crippen molar-refractivity contribution in [2.45, 2.75) is 0 Å². The van der Waals surface area contributed by atoms with Gasteiger partial charge in [0.1, 0.15) is 13.3 Å². The fraction of sp³-hybridized carbons (Fsp3) is 0.222. The van der Waals surface area contributed by atoms with Gasteiger partial charge in [-0.15, -0.1) is 0 Å². The van der Waals surface area contributed by atoms with Gasteiger partial charge in [-0.3, -0.25) is 10.1 Å². The molecule has 0 aliphatic carbocycles. The summed E-state index contributed by atoms with van der Waals surface area (Å²) in [5, 5.41) is 10.3. The molecule has 0 saturated carbocycles. The number of carbonyl (C=O) groups excluding carboxylic acids is 1. The maximum absolute atomic E-state index is 11.7. The number of nitrogens with zero attached hydrogens (tertiary/aromatic N) is 1. The summed E-state index contributed by atoms with van der Waals surface area (Å²) >= 11 is 0. The van der Waals surface area contributed by atoms with E-state index in [4.69, 9.17) is 0 Å². The van der Waals surface area contributed by atoms with E-state index in [-0.39, 0.29) is 17.9 Å². The van der Waals surface area contributed by atoms with Crippen molar-refractivity contribution >= 4 is 11.7 Å². The lowest BCUT2D eigenvalue weighted by Crippen LogP contribution is -2.07. The Kier molecular flexibility index (Phi) is 3.73. The molecule has 5 nitrogen and oxygen atoms in total. The Morgan fingerprint density at radius 3 is 2.47 bits per heavy atom. The van der Waals surface area contributed by atoms with Gasteiger partial charge >= 0.3 is 5.97 Å². The van der Waals surface area contributed by atoms with Gasteiger partial charge < -0.3 is 4.74 Å². The largest absolute Gasteiger partial charge is 0.459 e. The molecule has 1 aromatic carbocycles. The molecule has 0 fully saturated rings. The number of non-ortho nitro benzene ring substituents is 1. The number of nitro benzene ring substituents is 1. The van der Waals surface area contributed by atoms with Crippen LogP contribution in [0, 0.1) is 10.1 Å². The van der Waals surface area contributed by atoms with Crippen LogP contribution in [-0.4, -0.2) is 24.2 Å². The molecule has 0 aliphatic heterocycles. The first-order chi connectivity index (χ1) is 7.15. The first kappa shape index (κ1) is 11.1. The van der Waals surface area contributed by atoms with Gasteiger partial charge in [-0.05, 0) is 12.1 Å². The van der Waals surface area contributed by atoms with Crippen LogP contribution < -0.4 is 0 Å². The zero-order chi connectivity index (χ0) is 11.3. The number of hydrogen-bond donors (Lipinski definition) is 0. The van der Waals surface area contributed by atoms with Gasteiger partial charge in [-0.2, -0.15) is 0 Å². The van der Waals surface area contributed by atoms with Crippen LogP contribution in [0.25, 0.3) is 0 Å². The second kappa shape index (κ2) is 5.04. The second-order valence-corrected chi connectivity index (χ2v) is 2.63. The minimum atomic E-state index is -0.751. The Morgan fingerprint density at radius 1 is 1.40 bits per heavy atom. The molecule has 15 heavy (non-hydrogen) atoms. The van der Waals surface area contributed by atoms with Gasteiger partial charge in [0, 0.05) is 12.1 Å². The van der Waals surface area contributed by atoms with Gasteiger partial charge in [0.2, 0.25) is 0 Å². The van der Waals surface area contributed by atoms with E-state index in [1.165, 1.54) is 24.3 Å². The number of nitro groups is 1. The predicted octanol–water partition coefficient (Wildman–Crippen LogP) is 1.72. The molecule has 0 unspecified atom stereocenters. The number of carbonyl (C=O) groups is 1. The quantitative estimate of drug-likeness (QED) is 0.433. The topological polar surface area (TPSA) is 69.4 Å². The van der Waals surface area contributed by atoms with Crippen LogP contribution in [0.1, 0.15) is 10.4 Å². The molecule has 0 radical (unpaired) electrons. The molecule has 0 saturated heterocycles. The van der Waals surface area contributed by atoms with E-state index in [1.807, 2.05) is 0 Å². The van der Waals surface area contributed by atoms with Crippen LogP contribution >= 0.6 is 0 Å². The summed E-state index contributed by atoms with van der Waals surface area (Å²) in [6.45, 7) is -1.06. The summed E-state index contributed by atoms with van der Waals surface area (Å²) in [6.07, 6.45) is 0. The number of rotatable bonds is 4. The van der Waals surface area contributed by atoms with Crippen molar-refractivity contribution in [2.75, 3.05) is 13.3 Å². The zero-order valence-electron chi connectivity index (χ0n) is 7.68. The monoisotopic (exact) mass is 213 g/mol. The molecule has 0 spiro atoms. The van der Waals surface area contributed by atoms with Crippen LogP contribution in [0.5, 0.6) is 0 Å². The highest BCUT2D eigenvalue weighted by Crippen LogP contribution is 2.12. The highest BCUT2D eigenvalue weighted by Gasteiger charge is 2.09. The molecular weight excluding hydrogens is 205 g/mol. The van der Waals surface area contributed by atoms with E-state index < -0.39 is 17.6 Å². The third-order valence-electron chi connectivity index (χ3n) is 1.62. The number of halogens is 1. The molecule has 1 aromatic rings. The first-order valence-corrected chi connectivity index (χ1v) is 4.12. The number of esters is 1. The Balaban J connectivity index is 2.71. The summed E-state index contributed by atoms with van der Waals surface area (Å²) in [7, 11) is 0. The van der Waals surface area contributed by atoms with E-state index in [9.17, 15) is 19.3 Å². The lowest BCUT2D eigenvalue weighted by molar-refractivity contribution is -0.384. The Morgan fingerprint density at radius 2 is 2.00 bits per heavy atom. The SMILES string of the molecule is O=C(OCCF)c1ccc([N+](=O)[O-])cc1. The van der Waals surface area contributed by atoms with Crippen molar-refractivity contribution in [3.63, 3.8) is 0 Å². The standard InChI is InChI=1S/C9H8FNO4/c10-5-6-15-9(12)7-1-3-8(4-2-7)11(13)14/h1-4H,5-6H2. The highest BCUT2D eigenvalue weighted by molar-refractivity contribution is 5.89. The van der Waals surface area contributed by atoms with Crippen molar-refractivity contribution in [1.82, 2.24) is 0 Å². The number of benzene rings is 1. The van der Waals surface area contributed by atoms with Gasteiger partial charge in [0.05, 0.1) is 10.5 Å². The third-order valence-corrected chi connectivity index (χ3v) is 1.62. The summed E-state index contributed by atoms with van der Waals surface area (Å²) in [5.41, 5.74) is 0.0473. The van der Waals surface area contributed by atoms with Crippen molar-refractivity contribution < 1.29 is 18.8 Å². The van der Waals surface area contributed by atoms with E-state index in [0.717, 1.165) is 0 Å². The molecule has 0 bridgehead atoms. The van der Waals surface area contributed by atoms with E-state index in [1.54, 1.807) is 0 Å². The van der Waals surface area contributed by atoms with Crippen LogP contribution in [-0.2, 0) is 4.74 Å². The maximum atomic E-state index is 11.7. The maximum Gasteiger partial charge on any atom is 0.338 e. The number of alkyl halides is 1. The third kappa shape index (κ3) is 3.01. The molecule has 0 aliphatic rings. The van der Waals surface area contributed by atoms with Gasteiger partial charge in [0.15, 0.2) is 0 Å². The van der Waals surface area contributed by atoms with E-state index in [0.29, 0.717) is 0 Å². The van der Waals surface area contributed by atoms with Crippen LogP contribution in [0.3, 0.4) is 0 Å². The summed E-state index contributed by atoms with van der Waals surface area (Å²) < 4.78 is 16.2. The molecule has 0 aromatic heterocycles. The summed E-state index contributed by atoms with van der Waals surface area (Å²) in [5.74, 6) is -0.692. The smallest absolute Gasteiger partial charge is 0.338 e. The second-order valence-electron chi connectivity index (χ2n) is 2.63. The van der Waals surface area contributed by atoms with Crippen LogP contribution in [0.2, 0.25) is 0 Å². The molecule has 80 valence electrons. The molecule has 0 atom stereocenters. The fourth-order valence-electron chi connectivity index (χ4n) is 0.934. The van der Waals surface area contributed by atoms with Gasteiger partial charge in [0.25, 0.3) is 5.69 Å². The van der Waals surface area contributed by atoms with E-state index >= 15 is 0 Å². The normalized spacial score (nSPS) is 9.67. The zero-order valence-corrected chi connectivity index (χ0v) is 7.68. The predicted molar refractivity (Wildman–Crippen MR) is 49.4 cm³/mol. The highest BCUT2D eigenvalue weighted by atomic mass is 19.1. The molecule has 0 N–H and O–H groups in total. The lowest BCUT2D eigenvalue weighted by atomic mass is 10.2. The molecular formula is C9H8FNO4. The number of hydrogen-bond acceptors (Lipinski definition) is 4. The van der Waals surface area contributed by atoms with Crippen LogP contribution in [0.4, 0.5) is 10.1 Å². The minimum absolute atomic E-state index is 0.114. The van der Waals surface area contributed by atoms with Crippen LogP contribution in [0.15, 0.2) is 24.3 Å². The molecule has 6 heteroatoms. The Bertz CT molecular complexity index is 363. The Hall–Kier alpha value is -1.98. The molecule has 0 heterocycles.